The molecule has 0 spiro atoms. The first-order valence-corrected chi connectivity index (χ1v) is 9.58. The van der Waals surface area contributed by atoms with Crippen molar-refractivity contribution in [2.75, 3.05) is 13.2 Å². The summed E-state index contributed by atoms with van der Waals surface area (Å²) in [5, 5.41) is 4.87. The topological polar surface area (TPSA) is 62.1 Å². The molecule has 0 unspecified atom stereocenters. The number of pyridine rings is 1. The fourth-order valence-corrected chi connectivity index (χ4v) is 3.85. The van der Waals surface area contributed by atoms with Gasteiger partial charge in [-0.2, -0.15) is 5.10 Å². The molecule has 138 valence electrons. The third kappa shape index (κ3) is 3.21. The van der Waals surface area contributed by atoms with Crippen molar-refractivity contribution in [3.8, 4) is 11.4 Å². The van der Waals surface area contributed by atoms with Gasteiger partial charge in [0.1, 0.15) is 5.75 Å². The lowest BCUT2D eigenvalue weighted by atomic mass is 9.99. The van der Waals surface area contributed by atoms with Crippen LogP contribution in [0.5, 0.6) is 5.75 Å². The first kappa shape index (κ1) is 16.4. The molecule has 6 heteroatoms. The van der Waals surface area contributed by atoms with Crippen molar-refractivity contribution in [2.24, 2.45) is 0 Å². The predicted octanol–water partition coefficient (Wildman–Crippen LogP) is 3.62. The maximum absolute atomic E-state index is 6.31. The Labute approximate surface area is 158 Å². The molecule has 0 radical (unpaired) electrons. The van der Waals surface area contributed by atoms with Gasteiger partial charge in [0.25, 0.3) is 0 Å². The highest BCUT2D eigenvalue weighted by Gasteiger charge is 2.29. The number of ether oxygens (including phenoxy) is 2. The first-order valence-electron chi connectivity index (χ1n) is 9.58. The summed E-state index contributed by atoms with van der Waals surface area (Å²) in [7, 11) is 0. The summed E-state index contributed by atoms with van der Waals surface area (Å²) in [6.07, 6.45) is 7.28. The van der Waals surface area contributed by atoms with Gasteiger partial charge < -0.3 is 9.47 Å². The summed E-state index contributed by atoms with van der Waals surface area (Å²) in [6, 6.07) is 12.2. The van der Waals surface area contributed by atoms with Crippen LogP contribution in [0.15, 0.2) is 48.8 Å². The van der Waals surface area contributed by atoms with Crippen LogP contribution in [0.3, 0.4) is 0 Å². The van der Waals surface area contributed by atoms with Crippen LogP contribution in [0, 0.1) is 0 Å². The van der Waals surface area contributed by atoms with Crippen LogP contribution >= 0.6 is 0 Å². The molecule has 0 amide bonds. The van der Waals surface area contributed by atoms with Crippen LogP contribution in [-0.4, -0.2) is 33.0 Å². The van der Waals surface area contributed by atoms with Gasteiger partial charge >= 0.3 is 0 Å². The number of para-hydroxylation sites is 1. The van der Waals surface area contributed by atoms with Gasteiger partial charge in [-0.05, 0) is 49.4 Å². The van der Waals surface area contributed by atoms with Gasteiger partial charge in [-0.25, -0.2) is 9.67 Å². The van der Waals surface area contributed by atoms with E-state index in [0.29, 0.717) is 5.92 Å². The monoisotopic (exact) mass is 362 g/mol. The zero-order valence-electron chi connectivity index (χ0n) is 15.1. The van der Waals surface area contributed by atoms with Crippen molar-refractivity contribution in [1.29, 1.82) is 0 Å². The van der Waals surface area contributed by atoms with E-state index >= 15 is 0 Å². The van der Waals surface area contributed by atoms with E-state index in [9.17, 15) is 0 Å². The number of nitrogens with zero attached hydrogens (tertiary/aromatic N) is 4. The number of rotatable bonds is 3. The van der Waals surface area contributed by atoms with Crippen molar-refractivity contribution in [3.63, 3.8) is 0 Å². The molecule has 0 saturated carbocycles. The second kappa shape index (κ2) is 7.12. The van der Waals surface area contributed by atoms with E-state index in [4.69, 9.17) is 19.6 Å². The van der Waals surface area contributed by atoms with Crippen LogP contribution < -0.4 is 4.74 Å². The van der Waals surface area contributed by atoms with Crippen molar-refractivity contribution in [1.82, 2.24) is 19.7 Å². The Morgan fingerprint density at radius 2 is 1.89 bits per heavy atom. The zero-order valence-corrected chi connectivity index (χ0v) is 15.1. The Morgan fingerprint density at radius 1 is 1.00 bits per heavy atom. The second-order valence-corrected chi connectivity index (χ2v) is 7.09. The summed E-state index contributed by atoms with van der Waals surface area (Å²) in [5.74, 6) is 3.03. The van der Waals surface area contributed by atoms with Gasteiger partial charge in [0, 0.05) is 25.3 Å². The third-order valence-corrected chi connectivity index (χ3v) is 5.33. The molecule has 2 aromatic heterocycles. The third-order valence-electron chi connectivity index (χ3n) is 5.33. The van der Waals surface area contributed by atoms with Crippen molar-refractivity contribution in [3.05, 3.63) is 66.0 Å². The molecule has 0 bridgehead atoms. The molecule has 6 nitrogen and oxygen atoms in total. The highest BCUT2D eigenvalue weighted by molar-refractivity contribution is 5.36. The lowest BCUT2D eigenvalue weighted by Crippen LogP contribution is -2.19. The summed E-state index contributed by atoms with van der Waals surface area (Å²) >= 11 is 0. The molecule has 1 aromatic carbocycles. The highest BCUT2D eigenvalue weighted by atomic mass is 16.5. The van der Waals surface area contributed by atoms with Crippen LogP contribution in [-0.2, 0) is 11.2 Å². The van der Waals surface area contributed by atoms with E-state index in [1.54, 1.807) is 6.20 Å². The minimum absolute atomic E-state index is 0.110. The Bertz CT molecular complexity index is 919. The lowest BCUT2D eigenvalue weighted by Gasteiger charge is -2.25. The molecule has 1 atom stereocenters. The SMILES string of the molecule is c1cncc(-n2nc(C3CCOCC3)nc2[C@@H]2CCc3ccccc3O2)c1. The van der Waals surface area contributed by atoms with Gasteiger partial charge in [0.05, 0.1) is 11.9 Å². The standard InChI is InChI=1S/C21H22N4O2/c1-2-6-18-15(4-1)7-8-19(27-18)21-23-20(16-9-12-26-13-10-16)24-25(21)17-5-3-11-22-14-17/h1-6,11,14,16,19H,7-10,12-13H2/t19-/m0/s1. The summed E-state index contributed by atoms with van der Waals surface area (Å²) in [5.41, 5.74) is 2.17. The van der Waals surface area contributed by atoms with Crippen LogP contribution in [0.2, 0.25) is 0 Å². The Hall–Kier alpha value is -2.73. The Kier molecular flexibility index (Phi) is 4.33. The number of hydrogen-bond acceptors (Lipinski definition) is 5. The summed E-state index contributed by atoms with van der Waals surface area (Å²) < 4.78 is 13.7. The maximum Gasteiger partial charge on any atom is 0.173 e. The predicted molar refractivity (Wildman–Crippen MR) is 100 cm³/mol. The Balaban J connectivity index is 1.53. The second-order valence-electron chi connectivity index (χ2n) is 7.09. The molecule has 3 aromatic rings. The fourth-order valence-electron chi connectivity index (χ4n) is 3.85. The first-order chi connectivity index (χ1) is 13.4. The number of aryl methyl sites for hydroxylation is 1. The Morgan fingerprint density at radius 3 is 2.74 bits per heavy atom. The van der Waals surface area contributed by atoms with Crippen LogP contribution in [0.4, 0.5) is 0 Å². The van der Waals surface area contributed by atoms with E-state index in [-0.39, 0.29) is 6.10 Å². The summed E-state index contributed by atoms with van der Waals surface area (Å²) in [4.78, 5) is 9.21. The van der Waals surface area contributed by atoms with Crippen molar-refractivity contribution >= 4 is 0 Å². The van der Waals surface area contributed by atoms with Gasteiger partial charge in [0.2, 0.25) is 0 Å². The molecule has 1 fully saturated rings. The molecule has 27 heavy (non-hydrogen) atoms. The molecular formula is C21H22N4O2. The highest BCUT2D eigenvalue weighted by Crippen LogP contribution is 2.35. The molecule has 2 aliphatic heterocycles. The molecule has 0 aliphatic carbocycles. The molecule has 1 saturated heterocycles. The maximum atomic E-state index is 6.31. The van der Waals surface area contributed by atoms with Gasteiger partial charge in [-0.15, -0.1) is 0 Å². The normalized spacial score (nSPS) is 20.1. The van der Waals surface area contributed by atoms with E-state index in [1.807, 2.05) is 35.1 Å². The van der Waals surface area contributed by atoms with Crippen LogP contribution in [0.25, 0.3) is 5.69 Å². The summed E-state index contributed by atoms with van der Waals surface area (Å²) in [6.45, 7) is 1.55. The smallest absolute Gasteiger partial charge is 0.173 e. The fraction of sp³-hybridized carbons (Fsp3) is 0.381. The number of aromatic nitrogens is 4. The van der Waals surface area contributed by atoms with Gasteiger partial charge in [0.15, 0.2) is 17.8 Å². The number of benzene rings is 1. The van der Waals surface area contributed by atoms with E-state index in [2.05, 4.69) is 17.1 Å². The van der Waals surface area contributed by atoms with E-state index in [0.717, 1.165) is 62.0 Å². The molecule has 5 rings (SSSR count). The number of fused-ring (bicyclic) bond motifs is 1. The minimum atomic E-state index is -0.110. The van der Waals surface area contributed by atoms with E-state index in [1.165, 1.54) is 5.56 Å². The molecule has 4 heterocycles. The molecular weight excluding hydrogens is 340 g/mol. The lowest BCUT2D eigenvalue weighted by molar-refractivity contribution is 0.0835. The zero-order chi connectivity index (χ0) is 18.1. The molecule has 0 N–H and O–H groups in total. The molecule has 2 aliphatic rings. The van der Waals surface area contributed by atoms with Gasteiger partial charge in [-0.3, -0.25) is 4.98 Å². The minimum Gasteiger partial charge on any atom is -0.482 e. The van der Waals surface area contributed by atoms with Crippen LogP contribution in [0.1, 0.15) is 48.5 Å². The van der Waals surface area contributed by atoms with Crippen molar-refractivity contribution < 1.29 is 9.47 Å². The average molecular weight is 362 g/mol. The largest absolute Gasteiger partial charge is 0.482 e. The van der Waals surface area contributed by atoms with Crippen molar-refractivity contribution in [2.45, 2.75) is 37.7 Å². The quantitative estimate of drug-likeness (QED) is 0.712. The number of hydrogen-bond donors (Lipinski definition) is 0. The van der Waals surface area contributed by atoms with Gasteiger partial charge in [-0.1, -0.05) is 18.2 Å². The average Bonchev–Trinajstić information content (AvgIpc) is 3.20. The van der Waals surface area contributed by atoms with E-state index < -0.39 is 0 Å².